The van der Waals surface area contributed by atoms with Crippen LogP contribution in [-0.4, -0.2) is 45.0 Å². The van der Waals surface area contributed by atoms with E-state index in [0.29, 0.717) is 19.1 Å². The smallest absolute Gasteiger partial charge is 0.181 e. The van der Waals surface area contributed by atoms with Crippen molar-refractivity contribution >= 4 is 5.90 Å². The van der Waals surface area contributed by atoms with Crippen molar-refractivity contribution in [1.82, 2.24) is 0 Å². The van der Waals surface area contributed by atoms with Crippen LogP contribution < -0.4 is 14.2 Å². The number of ether oxygens (including phenoxy) is 5. The molecule has 0 saturated carbocycles. The van der Waals surface area contributed by atoms with E-state index in [-0.39, 0.29) is 18.2 Å². The first-order chi connectivity index (χ1) is 14.1. The zero-order valence-corrected chi connectivity index (χ0v) is 17.0. The van der Waals surface area contributed by atoms with Gasteiger partial charge in [-0.05, 0) is 48.0 Å². The van der Waals surface area contributed by atoms with Crippen molar-refractivity contribution in [2.45, 2.75) is 31.8 Å². The second-order valence-electron chi connectivity index (χ2n) is 6.64. The molecule has 2 aromatic carbocycles. The molecule has 0 saturated heterocycles. The highest BCUT2D eigenvalue weighted by atomic mass is 16.6. The highest BCUT2D eigenvalue weighted by molar-refractivity contribution is 5.74. The SMILES string of the molecule is C=C[C@H]1OC(C)=N[C@H](COc2ccc(OC)cc2)[C@@H]1OCc1ccc(OC)cc1. The van der Waals surface area contributed by atoms with Crippen LogP contribution >= 0.6 is 0 Å². The van der Waals surface area contributed by atoms with E-state index >= 15 is 0 Å². The maximum atomic E-state index is 6.19. The third kappa shape index (κ3) is 5.51. The van der Waals surface area contributed by atoms with E-state index in [1.54, 1.807) is 20.3 Å². The van der Waals surface area contributed by atoms with Crippen LogP contribution in [0.2, 0.25) is 0 Å². The highest BCUT2D eigenvalue weighted by Gasteiger charge is 2.35. The maximum Gasteiger partial charge on any atom is 0.181 e. The van der Waals surface area contributed by atoms with Gasteiger partial charge in [-0.25, -0.2) is 4.99 Å². The van der Waals surface area contributed by atoms with E-state index in [1.807, 2.05) is 55.5 Å². The van der Waals surface area contributed by atoms with Crippen LogP contribution in [0, 0.1) is 0 Å². The fourth-order valence-corrected chi connectivity index (χ4v) is 3.11. The molecule has 0 radical (unpaired) electrons. The molecule has 0 fully saturated rings. The minimum Gasteiger partial charge on any atom is -0.497 e. The van der Waals surface area contributed by atoms with Crippen LogP contribution in [0.15, 0.2) is 66.2 Å². The van der Waals surface area contributed by atoms with Gasteiger partial charge in [-0.3, -0.25) is 0 Å². The molecule has 0 aromatic heterocycles. The van der Waals surface area contributed by atoms with Crippen LogP contribution in [0.3, 0.4) is 0 Å². The van der Waals surface area contributed by atoms with Crippen LogP contribution in [0.4, 0.5) is 0 Å². The van der Waals surface area contributed by atoms with Gasteiger partial charge in [0.1, 0.15) is 42.1 Å². The first-order valence-corrected chi connectivity index (χ1v) is 9.48. The van der Waals surface area contributed by atoms with Gasteiger partial charge in [0, 0.05) is 6.92 Å². The zero-order chi connectivity index (χ0) is 20.6. The number of rotatable bonds is 9. The Morgan fingerprint density at radius 1 is 0.966 bits per heavy atom. The first kappa shape index (κ1) is 20.7. The van der Waals surface area contributed by atoms with Gasteiger partial charge in [-0.2, -0.15) is 0 Å². The Hall–Kier alpha value is -2.99. The standard InChI is InChI=1S/C23H27NO5/c1-5-22-23(28-14-17-6-8-18(25-3)9-7-17)21(24-16(2)29-22)15-27-20-12-10-19(26-4)11-13-20/h5-13,21-23H,1,14-15H2,2-4H3/t21-,22-,23+/m1/s1. The van der Waals surface area contributed by atoms with Gasteiger partial charge in [-0.1, -0.05) is 18.7 Å². The fraction of sp³-hybridized carbons (Fsp3) is 0.348. The molecular weight excluding hydrogens is 370 g/mol. The van der Waals surface area contributed by atoms with Crippen molar-refractivity contribution in [2.75, 3.05) is 20.8 Å². The Morgan fingerprint density at radius 3 is 2.14 bits per heavy atom. The molecule has 2 aromatic rings. The van der Waals surface area contributed by atoms with Crippen LogP contribution in [-0.2, 0) is 16.1 Å². The number of benzene rings is 2. The number of hydrogen-bond acceptors (Lipinski definition) is 6. The van der Waals surface area contributed by atoms with Crippen LogP contribution in [0.5, 0.6) is 17.2 Å². The average Bonchev–Trinajstić information content (AvgIpc) is 2.77. The van der Waals surface area contributed by atoms with Crippen LogP contribution in [0.1, 0.15) is 12.5 Å². The van der Waals surface area contributed by atoms with Crippen molar-refractivity contribution in [1.29, 1.82) is 0 Å². The molecule has 0 N–H and O–H groups in total. The van der Waals surface area contributed by atoms with Gasteiger partial charge in [0.25, 0.3) is 0 Å². The summed E-state index contributed by atoms with van der Waals surface area (Å²) in [5, 5.41) is 0. The molecule has 1 heterocycles. The highest BCUT2D eigenvalue weighted by Crippen LogP contribution is 2.23. The Labute approximate surface area is 171 Å². The van der Waals surface area contributed by atoms with Gasteiger partial charge in [0.05, 0.1) is 20.8 Å². The predicted octanol–water partition coefficient (Wildman–Crippen LogP) is 4.04. The van der Waals surface area contributed by atoms with E-state index in [4.69, 9.17) is 23.7 Å². The Balaban J connectivity index is 1.67. The Bertz CT molecular complexity index is 816. The van der Waals surface area contributed by atoms with E-state index in [0.717, 1.165) is 22.8 Å². The molecule has 29 heavy (non-hydrogen) atoms. The van der Waals surface area contributed by atoms with E-state index in [9.17, 15) is 0 Å². The summed E-state index contributed by atoms with van der Waals surface area (Å²) >= 11 is 0. The van der Waals surface area contributed by atoms with Gasteiger partial charge in [0.15, 0.2) is 5.90 Å². The molecule has 0 unspecified atom stereocenters. The van der Waals surface area contributed by atoms with Crippen molar-refractivity contribution in [3.8, 4) is 17.2 Å². The Morgan fingerprint density at radius 2 is 1.55 bits per heavy atom. The second kappa shape index (κ2) is 9.98. The van der Waals surface area contributed by atoms with Crippen molar-refractivity contribution in [3.63, 3.8) is 0 Å². The lowest BCUT2D eigenvalue weighted by Crippen LogP contribution is -2.46. The minimum absolute atomic E-state index is 0.216. The molecule has 6 heteroatoms. The number of aliphatic imine (C=N–C) groups is 1. The fourth-order valence-electron chi connectivity index (χ4n) is 3.11. The lowest BCUT2D eigenvalue weighted by Gasteiger charge is -2.34. The third-order valence-electron chi connectivity index (χ3n) is 4.67. The van der Waals surface area contributed by atoms with E-state index < -0.39 is 0 Å². The zero-order valence-electron chi connectivity index (χ0n) is 17.0. The van der Waals surface area contributed by atoms with Crippen molar-refractivity contribution in [2.24, 2.45) is 4.99 Å². The topological polar surface area (TPSA) is 58.5 Å². The predicted molar refractivity (Wildman–Crippen MR) is 112 cm³/mol. The lowest BCUT2D eigenvalue weighted by atomic mass is 10.0. The van der Waals surface area contributed by atoms with Crippen molar-refractivity contribution < 1.29 is 23.7 Å². The molecule has 0 spiro atoms. The summed E-state index contributed by atoms with van der Waals surface area (Å²) in [5.74, 6) is 2.94. The molecule has 154 valence electrons. The largest absolute Gasteiger partial charge is 0.497 e. The molecule has 1 aliphatic heterocycles. The normalized spacial score (nSPS) is 20.9. The van der Waals surface area contributed by atoms with Gasteiger partial charge in [-0.15, -0.1) is 0 Å². The second-order valence-corrected chi connectivity index (χ2v) is 6.64. The monoisotopic (exact) mass is 397 g/mol. The van der Waals surface area contributed by atoms with Gasteiger partial charge >= 0.3 is 0 Å². The van der Waals surface area contributed by atoms with Crippen LogP contribution in [0.25, 0.3) is 0 Å². The van der Waals surface area contributed by atoms with Crippen molar-refractivity contribution in [3.05, 3.63) is 66.7 Å². The molecule has 0 bridgehead atoms. The molecule has 6 nitrogen and oxygen atoms in total. The molecular formula is C23H27NO5. The summed E-state index contributed by atoms with van der Waals surface area (Å²) in [6.45, 7) is 6.51. The summed E-state index contributed by atoms with van der Waals surface area (Å²) in [6, 6.07) is 15.0. The quantitative estimate of drug-likeness (QED) is 0.598. The maximum absolute atomic E-state index is 6.19. The summed E-state index contributed by atoms with van der Waals surface area (Å²) in [4.78, 5) is 4.60. The number of methoxy groups -OCH3 is 2. The molecule has 3 atom stereocenters. The van der Waals surface area contributed by atoms with Gasteiger partial charge in [0.2, 0.25) is 0 Å². The molecule has 1 aliphatic rings. The molecule has 3 rings (SSSR count). The third-order valence-corrected chi connectivity index (χ3v) is 4.67. The number of nitrogens with zero attached hydrogens (tertiary/aromatic N) is 1. The first-order valence-electron chi connectivity index (χ1n) is 9.48. The summed E-state index contributed by atoms with van der Waals surface area (Å²) in [7, 11) is 3.28. The lowest BCUT2D eigenvalue weighted by molar-refractivity contribution is -0.0525. The Kier molecular flexibility index (Phi) is 7.14. The average molecular weight is 397 g/mol. The molecule has 0 amide bonds. The minimum atomic E-state index is -0.309. The summed E-state index contributed by atoms with van der Waals surface area (Å²) in [5.41, 5.74) is 1.04. The summed E-state index contributed by atoms with van der Waals surface area (Å²) < 4.78 is 28.3. The van der Waals surface area contributed by atoms with E-state index in [1.165, 1.54) is 0 Å². The summed E-state index contributed by atoms with van der Waals surface area (Å²) in [6.07, 6.45) is 1.14. The van der Waals surface area contributed by atoms with E-state index in [2.05, 4.69) is 11.6 Å². The number of hydrogen-bond donors (Lipinski definition) is 0. The molecule has 0 aliphatic carbocycles. The van der Waals surface area contributed by atoms with Gasteiger partial charge < -0.3 is 23.7 Å².